The van der Waals surface area contributed by atoms with Crippen molar-refractivity contribution in [3.63, 3.8) is 0 Å². The van der Waals surface area contributed by atoms with E-state index in [1.165, 1.54) is 39.9 Å². The van der Waals surface area contributed by atoms with Gasteiger partial charge in [-0.15, -0.1) is 0 Å². The smallest absolute Gasteiger partial charge is 0.123 e. The normalized spacial score (nSPS) is 18.3. The van der Waals surface area contributed by atoms with Crippen molar-refractivity contribution in [2.24, 2.45) is 0 Å². The first-order valence-electron chi connectivity index (χ1n) is 9.23. The number of hydrogen-bond acceptors (Lipinski definition) is 1. The molecular weight excluding hydrogens is 323 g/mol. The van der Waals surface area contributed by atoms with Gasteiger partial charge >= 0.3 is 0 Å². The van der Waals surface area contributed by atoms with E-state index < -0.39 is 0 Å². The molecule has 26 heavy (non-hydrogen) atoms. The van der Waals surface area contributed by atoms with Crippen molar-refractivity contribution in [1.29, 1.82) is 0 Å². The van der Waals surface area contributed by atoms with Crippen LogP contribution in [-0.2, 0) is 6.42 Å². The Balaban J connectivity index is 1.94. The molecule has 0 radical (unpaired) electrons. The van der Waals surface area contributed by atoms with Crippen LogP contribution in [0.1, 0.15) is 42.3 Å². The van der Waals surface area contributed by atoms with E-state index in [0.717, 1.165) is 24.1 Å². The molecule has 3 aromatic rings. The molecule has 1 aromatic heterocycles. The number of aryl methyl sites for hydroxylation is 1. The topological polar surface area (TPSA) is 8.17 Å². The van der Waals surface area contributed by atoms with Crippen molar-refractivity contribution < 1.29 is 4.39 Å². The Morgan fingerprint density at radius 2 is 1.88 bits per heavy atom. The standard InChI is InChI=1S/C23H25FN2/c1-15-5-10-22-21(13-15)20-11-12-25(4)17(3)23(20)26(22)14-16(2)18-6-8-19(24)9-7-18/h5-10,13-14,17H,11-12H2,1-4H3/b16-14+. The first kappa shape index (κ1) is 17.0. The van der Waals surface area contributed by atoms with Gasteiger partial charge in [-0.2, -0.15) is 0 Å². The Kier molecular flexibility index (Phi) is 4.20. The lowest BCUT2D eigenvalue weighted by Gasteiger charge is -2.31. The molecular formula is C23H25FN2. The zero-order chi connectivity index (χ0) is 18.4. The summed E-state index contributed by atoms with van der Waals surface area (Å²) in [5.41, 5.74) is 7.57. The fourth-order valence-electron chi connectivity index (χ4n) is 4.04. The van der Waals surface area contributed by atoms with Crippen LogP contribution in [0.25, 0.3) is 22.7 Å². The van der Waals surface area contributed by atoms with Crippen LogP contribution in [0.2, 0.25) is 0 Å². The summed E-state index contributed by atoms with van der Waals surface area (Å²) in [5, 5.41) is 1.36. The fourth-order valence-corrected chi connectivity index (χ4v) is 4.04. The van der Waals surface area contributed by atoms with E-state index in [9.17, 15) is 4.39 Å². The Labute approximate surface area is 154 Å². The average Bonchev–Trinajstić information content (AvgIpc) is 2.92. The maximum Gasteiger partial charge on any atom is 0.123 e. The highest BCUT2D eigenvalue weighted by atomic mass is 19.1. The van der Waals surface area contributed by atoms with E-state index >= 15 is 0 Å². The monoisotopic (exact) mass is 348 g/mol. The Bertz CT molecular complexity index is 995. The molecule has 0 N–H and O–H groups in total. The van der Waals surface area contributed by atoms with E-state index in [2.05, 4.69) is 61.7 Å². The van der Waals surface area contributed by atoms with Gasteiger partial charge in [0.2, 0.25) is 0 Å². The molecule has 0 saturated carbocycles. The van der Waals surface area contributed by atoms with Crippen molar-refractivity contribution >= 4 is 22.7 Å². The summed E-state index contributed by atoms with van der Waals surface area (Å²) in [6.45, 7) is 7.61. The largest absolute Gasteiger partial charge is 0.318 e. The molecule has 2 aromatic carbocycles. The molecule has 0 spiro atoms. The number of rotatable bonds is 2. The maximum absolute atomic E-state index is 13.3. The second kappa shape index (κ2) is 6.40. The molecule has 1 unspecified atom stereocenters. The van der Waals surface area contributed by atoms with Crippen LogP contribution in [-0.4, -0.2) is 23.1 Å². The lowest BCUT2D eigenvalue weighted by atomic mass is 9.98. The molecule has 0 aliphatic carbocycles. The zero-order valence-corrected chi connectivity index (χ0v) is 15.9. The summed E-state index contributed by atoms with van der Waals surface area (Å²) in [4.78, 5) is 2.41. The highest BCUT2D eigenvalue weighted by Gasteiger charge is 2.27. The highest BCUT2D eigenvalue weighted by Crippen LogP contribution is 2.37. The van der Waals surface area contributed by atoms with Gasteiger partial charge in [0.15, 0.2) is 0 Å². The molecule has 3 heteroatoms. The Morgan fingerprint density at radius 3 is 2.62 bits per heavy atom. The number of hydrogen-bond donors (Lipinski definition) is 0. The van der Waals surface area contributed by atoms with E-state index in [0.29, 0.717) is 6.04 Å². The third-order valence-corrected chi connectivity index (χ3v) is 5.70. The van der Waals surface area contributed by atoms with E-state index in [1.807, 2.05) is 12.1 Å². The number of nitrogens with zero attached hydrogens (tertiary/aromatic N) is 2. The molecule has 0 amide bonds. The SMILES string of the molecule is C/C(=C\n1c2c(c3cc(C)ccc31)CCN(C)C2C)c1ccc(F)cc1. The van der Waals surface area contributed by atoms with Gasteiger partial charge in [-0.3, -0.25) is 4.90 Å². The molecule has 1 atom stereocenters. The average molecular weight is 348 g/mol. The van der Waals surface area contributed by atoms with Gasteiger partial charge in [0, 0.05) is 29.9 Å². The first-order chi connectivity index (χ1) is 12.5. The minimum absolute atomic E-state index is 0.198. The fraction of sp³-hybridized carbons (Fsp3) is 0.304. The number of benzene rings is 2. The summed E-state index contributed by atoms with van der Waals surface area (Å²) in [5.74, 6) is -0.198. The van der Waals surface area contributed by atoms with Crippen LogP contribution in [0.5, 0.6) is 0 Å². The minimum atomic E-state index is -0.198. The summed E-state index contributed by atoms with van der Waals surface area (Å²) >= 11 is 0. The highest BCUT2D eigenvalue weighted by molar-refractivity contribution is 5.90. The predicted molar refractivity (Wildman–Crippen MR) is 108 cm³/mol. The Morgan fingerprint density at radius 1 is 1.15 bits per heavy atom. The van der Waals surface area contributed by atoms with Crippen LogP contribution in [0, 0.1) is 12.7 Å². The van der Waals surface area contributed by atoms with Crippen LogP contribution >= 0.6 is 0 Å². The maximum atomic E-state index is 13.3. The molecule has 1 aliphatic rings. The molecule has 0 saturated heterocycles. The third-order valence-electron chi connectivity index (χ3n) is 5.70. The van der Waals surface area contributed by atoms with Crippen molar-refractivity contribution in [2.75, 3.05) is 13.6 Å². The van der Waals surface area contributed by atoms with Gasteiger partial charge < -0.3 is 4.57 Å². The molecule has 1 aliphatic heterocycles. The van der Waals surface area contributed by atoms with Gasteiger partial charge in [0.1, 0.15) is 5.82 Å². The molecule has 0 bridgehead atoms. The second-order valence-corrected chi connectivity index (χ2v) is 7.48. The van der Waals surface area contributed by atoms with Crippen molar-refractivity contribution in [3.05, 3.63) is 70.7 Å². The molecule has 2 nitrogen and oxygen atoms in total. The van der Waals surface area contributed by atoms with Gasteiger partial charge in [-0.05, 0) is 75.2 Å². The number of allylic oxidation sites excluding steroid dienone is 1. The van der Waals surface area contributed by atoms with Gasteiger partial charge in [-0.25, -0.2) is 4.39 Å². The van der Waals surface area contributed by atoms with Crippen LogP contribution < -0.4 is 0 Å². The molecule has 4 rings (SSSR count). The predicted octanol–water partition coefficient (Wildman–Crippen LogP) is 5.66. The van der Waals surface area contributed by atoms with E-state index in [-0.39, 0.29) is 5.82 Å². The van der Waals surface area contributed by atoms with Crippen LogP contribution in [0.15, 0.2) is 42.5 Å². The van der Waals surface area contributed by atoms with Gasteiger partial charge in [0.25, 0.3) is 0 Å². The second-order valence-electron chi connectivity index (χ2n) is 7.48. The lowest BCUT2D eigenvalue weighted by molar-refractivity contribution is 0.242. The number of aromatic nitrogens is 1. The van der Waals surface area contributed by atoms with Crippen molar-refractivity contribution in [3.8, 4) is 0 Å². The van der Waals surface area contributed by atoms with Crippen LogP contribution in [0.4, 0.5) is 4.39 Å². The van der Waals surface area contributed by atoms with E-state index in [1.54, 1.807) is 0 Å². The minimum Gasteiger partial charge on any atom is -0.318 e. The summed E-state index contributed by atoms with van der Waals surface area (Å²) in [6.07, 6.45) is 3.28. The molecule has 2 heterocycles. The number of fused-ring (bicyclic) bond motifs is 3. The number of halogens is 1. The van der Waals surface area contributed by atoms with Gasteiger partial charge in [-0.1, -0.05) is 23.8 Å². The summed E-state index contributed by atoms with van der Waals surface area (Å²) < 4.78 is 15.6. The van der Waals surface area contributed by atoms with Crippen LogP contribution in [0.3, 0.4) is 0 Å². The summed E-state index contributed by atoms with van der Waals surface area (Å²) in [7, 11) is 2.19. The van der Waals surface area contributed by atoms with E-state index in [4.69, 9.17) is 0 Å². The van der Waals surface area contributed by atoms with Crippen molar-refractivity contribution in [2.45, 2.75) is 33.2 Å². The van der Waals surface area contributed by atoms with Gasteiger partial charge in [0.05, 0.1) is 5.52 Å². The first-order valence-corrected chi connectivity index (χ1v) is 9.23. The Hall–Kier alpha value is -2.39. The zero-order valence-electron chi connectivity index (χ0n) is 15.9. The third kappa shape index (κ3) is 2.77. The quantitative estimate of drug-likeness (QED) is 0.580. The lowest BCUT2D eigenvalue weighted by Crippen LogP contribution is -2.31. The van der Waals surface area contributed by atoms with Crippen molar-refractivity contribution in [1.82, 2.24) is 9.47 Å². The summed E-state index contributed by atoms with van der Waals surface area (Å²) in [6, 6.07) is 13.8. The molecule has 134 valence electrons. The number of likely N-dealkylation sites (N-methyl/N-ethyl adjacent to an activating group) is 1. The molecule has 0 fully saturated rings.